The molecule has 0 fully saturated rings. The summed E-state index contributed by atoms with van der Waals surface area (Å²) in [6.07, 6.45) is 1.99. The molecule has 0 amide bonds. The molecule has 0 saturated heterocycles. The summed E-state index contributed by atoms with van der Waals surface area (Å²) in [7, 11) is 0. The van der Waals surface area contributed by atoms with Gasteiger partial charge in [-0.3, -0.25) is 4.79 Å². The summed E-state index contributed by atoms with van der Waals surface area (Å²) in [5, 5.41) is 4.40. The maximum atomic E-state index is 12.1. The lowest BCUT2D eigenvalue weighted by molar-refractivity contribution is -0.124. The Morgan fingerprint density at radius 3 is 2.89 bits per heavy atom. The minimum Gasteiger partial charge on any atom is -0.363 e. The lowest BCUT2D eigenvalue weighted by Crippen LogP contribution is -2.18. The highest BCUT2D eigenvalue weighted by Gasteiger charge is 2.27. The van der Waals surface area contributed by atoms with Gasteiger partial charge in [0.1, 0.15) is 5.71 Å². The third-order valence-corrected chi connectivity index (χ3v) is 3.06. The van der Waals surface area contributed by atoms with Crippen molar-refractivity contribution in [2.45, 2.75) is 32.5 Å². The monoisotopic (exact) mass is 281 g/mol. The SMILES string of the molecule is CCCCOC1CC(C(=O)c2ccc(Cl)cc2)=NO1. The summed E-state index contributed by atoms with van der Waals surface area (Å²) in [5.74, 6) is -0.141. The van der Waals surface area contributed by atoms with E-state index in [1.54, 1.807) is 24.3 Å². The summed E-state index contributed by atoms with van der Waals surface area (Å²) < 4.78 is 5.47. The van der Waals surface area contributed by atoms with Crippen molar-refractivity contribution < 1.29 is 14.4 Å². The van der Waals surface area contributed by atoms with Crippen LogP contribution in [0.25, 0.3) is 0 Å². The van der Waals surface area contributed by atoms with Gasteiger partial charge in [-0.25, -0.2) is 0 Å². The Kier molecular flexibility index (Phi) is 4.93. The van der Waals surface area contributed by atoms with Crippen LogP contribution in [0.5, 0.6) is 0 Å². The van der Waals surface area contributed by atoms with Gasteiger partial charge in [-0.2, -0.15) is 0 Å². The number of ketones is 1. The lowest BCUT2D eigenvalue weighted by Gasteiger charge is -2.08. The second kappa shape index (κ2) is 6.68. The minimum atomic E-state index is -0.433. The van der Waals surface area contributed by atoms with Gasteiger partial charge in [-0.15, -0.1) is 0 Å². The number of benzene rings is 1. The van der Waals surface area contributed by atoms with Gasteiger partial charge in [0, 0.05) is 10.6 Å². The summed E-state index contributed by atoms with van der Waals surface area (Å²) >= 11 is 5.78. The second-order valence-electron chi connectivity index (χ2n) is 4.34. The van der Waals surface area contributed by atoms with Crippen LogP contribution in [-0.2, 0) is 9.57 Å². The zero-order valence-electron chi connectivity index (χ0n) is 10.8. The molecule has 19 heavy (non-hydrogen) atoms. The standard InChI is InChI=1S/C14H16ClNO3/c1-2-3-8-18-13-9-12(16-19-13)14(17)10-4-6-11(15)7-5-10/h4-7,13H,2-3,8-9H2,1H3. The fraction of sp³-hybridized carbons (Fsp3) is 0.429. The predicted molar refractivity (Wildman–Crippen MR) is 73.6 cm³/mol. The van der Waals surface area contributed by atoms with Gasteiger partial charge < -0.3 is 9.57 Å². The molecule has 1 aromatic rings. The topological polar surface area (TPSA) is 47.9 Å². The molecule has 0 spiro atoms. The highest BCUT2D eigenvalue weighted by Crippen LogP contribution is 2.17. The van der Waals surface area contributed by atoms with E-state index in [0.717, 1.165) is 12.8 Å². The minimum absolute atomic E-state index is 0.141. The average Bonchev–Trinajstić information content (AvgIpc) is 2.88. The number of hydrogen-bond donors (Lipinski definition) is 0. The van der Waals surface area contributed by atoms with E-state index in [9.17, 15) is 4.79 Å². The molecule has 0 radical (unpaired) electrons. The van der Waals surface area contributed by atoms with Crippen molar-refractivity contribution in [1.29, 1.82) is 0 Å². The maximum absolute atomic E-state index is 12.1. The van der Waals surface area contributed by atoms with E-state index in [-0.39, 0.29) is 5.78 Å². The molecule has 102 valence electrons. The molecule has 5 heteroatoms. The molecule has 0 N–H and O–H groups in total. The van der Waals surface area contributed by atoms with E-state index >= 15 is 0 Å². The van der Waals surface area contributed by atoms with Gasteiger partial charge >= 0.3 is 0 Å². The zero-order chi connectivity index (χ0) is 13.7. The number of nitrogens with zero attached hydrogens (tertiary/aromatic N) is 1. The summed E-state index contributed by atoms with van der Waals surface area (Å²) in [6, 6.07) is 6.72. The van der Waals surface area contributed by atoms with Crippen molar-refractivity contribution in [2.75, 3.05) is 6.61 Å². The van der Waals surface area contributed by atoms with Gasteiger partial charge in [0.15, 0.2) is 0 Å². The normalized spacial score (nSPS) is 18.0. The molecule has 1 aliphatic rings. The van der Waals surface area contributed by atoms with Crippen molar-refractivity contribution in [1.82, 2.24) is 0 Å². The van der Waals surface area contributed by atoms with Crippen LogP contribution in [0.3, 0.4) is 0 Å². The molecule has 0 saturated carbocycles. The number of unbranched alkanes of at least 4 members (excludes halogenated alkanes) is 1. The number of hydrogen-bond acceptors (Lipinski definition) is 4. The van der Waals surface area contributed by atoms with Crippen LogP contribution in [0.2, 0.25) is 5.02 Å². The predicted octanol–water partition coefficient (Wildman–Crippen LogP) is 3.44. The van der Waals surface area contributed by atoms with Gasteiger partial charge in [0.25, 0.3) is 0 Å². The van der Waals surface area contributed by atoms with E-state index < -0.39 is 6.29 Å². The molecular weight excluding hydrogens is 266 g/mol. The molecule has 1 heterocycles. The first kappa shape index (κ1) is 14.0. The summed E-state index contributed by atoms with van der Waals surface area (Å²) in [4.78, 5) is 17.2. The van der Waals surface area contributed by atoms with Crippen molar-refractivity contribution in [3.8, 4) is 0 Å². The molecule has 0 aromatic heterocycles. The molecule has 4 nitrogen and oxygen atoms in total. The third kappa shape index (κ3) is 3.78. The first-order chi connectivity index (χ1) is 9.20. The fourth-order valence-corrected chi connectivity index (χ4v) is 1.83. The zero-order valence-corrected chi connectivity index (χ0v) is 11.5. The average molecular weight is 282 g/mol. The molecule has 0 bridgehead atoms. The summed E-state index contributed by atoms with van der Waals surface area (Å²) in [6.45, 7) is 2.71. The first-order valence-electron chi connectivity index (χ1n) is 6.35. The molecule has 1 aliphatic heterocycles. The highest BCUT2D eigenvalue weighted by molar-refractivity contribution is 6.46. The van der Waals surface area contributed by atoms with E-state index in [1.807, 2.05) is 0 Å². The number of oxime groups is 1. The molecular formula is C14H16ClNO3. The van der Waals surface area contributed by atoms with Crippen LogP contribution in [0.15, 0.2) is 29.4 Å². The number of ether oxygens (including phenoxy) is 1. The van der Waals surface area contributed by atoms with Crippen LogP contribution in [0.4, 0.5) is 0 Å². The van der Waals surface area contributed by atoms with Crippen molar-refractivity contribution >= 4 is 23.1 Å². The Morgan fingerprint density at radius 1 is 1.47 bits per heavy atom. The smallest absolute Gasteiger partial charge is 0.232 e. The maximum Gasteiger partial charge on any atom is 0.232 e. The van der Waals surface area contributed by atoms with Gasteiger partial charge in [-0.1, -0.05) is 30.1 Å². The molecule has 1 unspecified atom stereocenters. The van der Waals surface area contributed by atoms with Crippen LogP contribution >= 0.6 is 11.6 Å². The Morgan fingerprint density at radius 2 is 2.21 bits per heavy atom. The Labute approximate surface area is 117 Å². The Hall–Kier alpha value is -1.39. The van der Waals surface area contributed by atoms with Crippen LogP contribution in [0, 0.1) is 0 Å². The molecule has 1 aromatic carbocycles. The number of carbonyl (C=O) groups excluding carboxylic acids is 1. The van der Waals surface area contributed by atoms with Crippen LogP contribution < -0.4 is 0 Å². The van der Waals surface area contributed by atoms with Gasteiger partial charge in [-0.05, 0) is 30.7 Å². The summed E-state index contributed by atoms with van der Waals surface area (Å²) in [5.41, 5.74) is 0.949. The molecule has 0 aliphatic carbocycles. The second-order valence-corrected chi connectivity index (χ2v) is 4.77. The highest BCUT2D eigenvalue weighted by atomic mass is 35.5. The number of Topliss-reactive ketones (excluding diaryl/α,β-unsaturated/α-hetero) is 1. The molecule has 1 atom stereocenters. The van der Waals surface area contributed by atoms with E-state index in [4.69, 9.17) is 21.2 Å². The number of halogens is 1. The quantitative estimate of drug-likeness (QED) is 0.593. The van der Waals surface area contributed by atoms with Crippen molar-refractivity contribution in [2.24, 2.45) is 5.16 Å². The number of rotatable bonds is 6. The lowest BCUT2D eigenvalue weighted by atomic mass is 10.1. The van der Waals surface area contributed by atoms with Gasteiger partial charge in [0.2, 0.25) is 12.1 Å². The van der Waals surface area contributed by atoms with Gasteiger partial charge in [0.05, 0.1) is 13.0 Å². The Balaban J connectivity index is 1.89. The van der Waals surface area contributed by atoms with Crippen molar-refractivity contribution in [3.63, 3.8) is 0 Å². The van der Waals surface area contributed by atoms with E-state index in [0.29, 0.717) is 29.3 Å². The number of carbonyl (C=O) groups is 1. The first-order valence-corrected chi connectivity index (χ1v) is 6.73. The van der Waals surface area contributed by atoms with Crippen LogP contribution in [0.1, 0.15) is 36.5 Å². The fourth-order valence-electron chi connectivity index (χ4n) is 1.71. The Bertz CT molecular complexity index is 470. The molecule has 2 rings (SSSR count). The largest absolute Gasteiger partial charge is 0.363 e. The van der Waals surface area contributed by atoms with Crippen LogP contribution in [-0.4, -0.2) is 24.4 Å². The van der Waals surface area contributed by atoms with Crippen molar-refractivity contribution in [3.05, 3.63) is 34.9 Å². The third-order valence-electron chi connectivity index (χ3n) is 2.81. The van der Waals surface area contributed by atoms with E-state index in [2.05, 4.69) is 12.1 Å². The van der Waals surface area contributed by atoms with E-state index in [1.165, 1.54) is 0 Å².